The van der Waals surface area contributed by atoms with Crippen molar-refractivity contribution in [2.24, 2.45) is 11.8 Å². The third kappa shape index (κ3) is 2.51. The second-order valence-corrected chi connectivity index (χ2v) is 4.93. The van der Waals surface area contributed by atoms with E-state index in [1.54, 1.807) is 0 Å². The molecule has 1 amide bonds. The molecule has 0 aromatic heterocycles. The summed E-state index contributed by atoms with van der Waals surface area (Å²) in [6, 6.07) is 0. The summed E-state index contributed by atoms with van der Waals surface area (Å²) >= 11 is 0. The maximum absolute atomic E-state index is 11.8. The molecule has 15 heavy (non-hydrogen) atoms. The fourth-order valence-electron chi connectivity index (χ4n) is 3.01. The first-order chi connectivity index (χ1) is 7.31. The lowest BCUT2D eigenvalue weighted by Crippen LogP contribution is -2.45. The van der Waals surface area contributed by atoms with E-state index in [2.05, 4.69) is 0 Å². The molecule has 2 atom stereocenters. The lowest BCUT2D eigenvalue weighted by Gasteiger charge is -2.40. The van der Waals surface area contributed by atoms with Gasteiger partial charge in [0.25, 0.3) is 0 Å². The number of hydrogen-bond donors (Lipinski definition) is 1. The largest absolute Gasteiger partial charge is 0.396 e. The molecule has 1 N–H and O–H groups in total. The van der Waals surface area contributed by atoms with Gasteiger partial charge >= 0.3 is 0 Å². The van der Waals surface area contributed by atoms with Crippen LogP contribution in [0.25, 0.3) is 0 Å². The lowest BCUT2D eigenvalue weighted by molar-refractivity contribution is -0.138. The second-order valence-electron chi connectivity index (χ2n) is 4.93. The normalized spacial score (nSPS) is 31.5. The predicted octanol–water partition coefficient (Wildman–Crippen LogP) is 1.41. The van der Waals surface area contributed by atoms with Crippen LogP contribution in [0.4, 0.5) is 0 Å². The van der Waals surface area contributed by atoms with E-state index in [0.29, 0.717) is 11.8 Å². The highest BCUT2D eigenvalue weighted by Gasteiger charge is 2.34. The average Bonchev–Trinajstić information content (AvgIpc) is 2.26. The van der Waals surface area contributed by atoms with Gasteiger partial charge in [0, 0.05) is 26.1 Å². The Hall–Kier alpha value is -0.570. The van der Waals surface area contributed by atoms with Gasteiger partial charge in [0.15, 0.2) is 0 Å². The molecule has 1 saturated carbocycles. The number of piperidine rings is 1. The van der Waals surface area contributed by atoms with Gasteiger partial charge in [-0.2, -0.15) is 0 Å². The van der Waals surface area contributed by atoms with Crippen molar-refractivity contribution in [3.05, 3.63) is 0 Å². The van der Waals surface area contributed by atoms with Crippen molar-refractivity contribution in [1.29, 1.82) is 0 Å². The van der Waals surface area contributed by atoms with Crippen molar-refractivity contribution in [3.63, 3.8) is 0 Å². The quantitative estimate of drug-likeness (QED) is 0.766. The van der Waals surface area contributed by atoms with Gasteiger partial charge in [-0.25, -0.2) is 0 Å². The maximum atomic E-state index is 11.8. The third-order valence-corrected chi connectivity index (χ3v) is 3.90. The van der Waals surface area contributed by atoms with E-state index >= 15 is 0 Å². The molecule has 0 radical (unpaired) electrons. The number of fused-ring (bicyclic) bond motifs is 1. The van der Waals surface area contributed by atoms with Gasteiger partial charge in [-0.15, -0.1) is 0 Å². The SMILES string of the molecule is O=C1CC2CCCCC2CN1CCCO. The molecule has 2 rings (SSSR count). The zero-order valence-electron chi connectivity index (χ0n) is 9.32. The number of aliphatic hydroxyl groups is 1. The van der Waals surface area contributed by atoms with Crippen LogP contribution in [-0.2, 0) is 4.79 Å². The fourth-order valence-corrected chi connectivity index (χ4v) is 3.01. The van der Waals surface area contributed by atoms with Crippen LogP contribution in [0.2, 0.25) is 0 Å². The Bertz CT molecular complexity index is 230. The molecular weight excluding hydrogens is 190 g/mol. The smallest absolute Gasteiger partial charge is 0.222 e. The monoisotopic (exact) mass is 211 g/mol. The summed E-state index contributed by atoms with van der Waals surface area (Å²) in [5.41, 5.74) is 0. The summed E-state index contributed by atoms with van der Waals surface area (Å²) in [4.78, 5) is 13.8. The first kappa shape index (κ1) is 10.9. The Morgan fingerprint density at radius 3 is 2.73 bits per heavy atom. The first-order valence-corrected chi connectivity index (χ1v) is 6.20. The Labute approximate surface area is 91.5 Å². The second kappa shape index (κ2) is 4.97. The minimum Gasteiger partial charge on any atom is -0.396 e. The summed E-state index contributed by atoms with van der Waals surface area (Å²) in [6.07, 6.45) is 6.69. The van der Waals surface area contributed by atoms with Gasteiger partial charge in [-0.05, 0) is 31.1 Å². The predicted molar refractivity (Wildman–Crippen MR) is 58.3 cm³/mol. The molecule has 1 aliphatic heterocycles. The number of amides is 1. The molecule has 0 aromatic rings. The van der Waals surface area contributed by atoms with E-state index in [4.69, 9.17) is 5.11 Å². The lowest BCUT2D eigenvalue weighted by atomic mass is 9.75. The molecular formula is C12H21NO2. The maximum Gasteiger partial charge on any atom is 0.222 e. The number of nitrogens with zero attached hydrogens (tertiary/aromatic N) is 1. The van der Waals surface area contributed by atoms with Crippen LogP contribution in [0.15, 0.2) is 0 Å². The molecule has 86 valence electrons. The summed E-state index contributed by atoms with van der Waals surface area (Å²) in [6.45, 7) is 1.89. The minimum atomic E-state index is 0.192. The molecule has 2 unspecified atom stereocenters. The number of carbonyl (C=O) groups is 1. The molecule has 0 aromatic carbocycles. The van der Waals surface area contributed by atoms with Crippen molar-refractivity contribution in [1.82, 2.24) is 4.90 Å². The molecule has 1 aliphatic carbocycles. The highest BCUT2D eigenvalue weighted by atomic mass is 16.3. The molecule has 0 spiro atoms. The van der Waals surface area contributed by atoms with Gasteiger partial charge in [-0.1, -0.05) is 12.8 Å². The average molecular weight is 211 g/mol. The molecule has 2 aliphatic rings. The Morgan fingerprint density at radius 2 is 2.00 bits per heavy atom. The van der Waals surface area contributed by atoms with Crippen LogP contribution in [-0.4, -0.2) is 35.6 Å². The van der Waals surface area contributed by atoms with E-state index < -0.39 is 0 Å². The number of carbonyl (C=O) groups excluding carboxylic acids is 1. The van der Waals surface area contributed by atoms with Crippen LogP contribution in [0.1, 0.15) is 38.5 Å². The summed E-state index contributed by atoms with van der Waals surface area (Å²) < 4.78 is 0. The molecule has 0 bridgehead atoms. The van der Waals surface area contributed by atoms with Crippen LogP contribution in [0.5, 0.6) is 0 Å². The third-order valence-electron chi connectivity index (χ3n) is 3.90. The molecule has 3 nitrogen and oxygen atoms in total. The van der Waals surface area contributed by atoms with Crippen molar-refractivity contribution in [2.75, 3.05) is 19.7 Å². The first-order valence-electron chi connectivity index (χ1n) is 6.20. The Kier molecular flexibility index (Phi) is 3.62. The molecule has 2 fully saturated rings. The van der Waals surface area contributed by atoms with Crippen molar-refractivity contribution in [2.45, 2.75) is 38.5 Å². The van der Waals surface area contributed by atoms with Crippen LogP contribution in [0.3, 0.4) is 0 Å². The van der Waals surface area contributed by atoms with Crippen LogP contribution < -0.4 is 0 Å². The number of aliphatic hydroxyl groups excluding tert-OH is 1. The number of hydrogen-bond acceptors (Lipinski definition) is 2. The van der Waals surface area contributed by atoms with Gasteiger partial charge < -0.3 is 10.0 Å². The highest BCUT2D eigenvalue weighted by Crippen LogP contribution is 2.36. The van der Waals surface area contributed by atoms with Crippen molar-refractivity contribution >= 4 is 5.91 Å². The van der Waals surface area contributed by atoms with Crippen molar-refractivity contribution < 1.29 is 9.90 Å². The van der Waals surface area contributed by atoms with Gasteiger partial charge in [0.05, 0.1) is 0 Å². The summed E-state index contributed by atoms with van der Waals surface area (Å²) in [5, 5.41) is 8.78. The van der Waals surface area contributed by atoms with Gasteiger partial charge in [-0.3, -0.25) is 4.79 Å². The summed E-state index contributed by atoms with van der Waals surface area (Å²) in [7, 11) is 0. The van der Waals surface area contributed by atoms with E-state index in [1.807, 2.05) is 4.90 Å². The van der Waals surface area contributed by atoms with E-state index in [9.17, 15) is 4.79 Å². The molecule has 3 heteroatoms. The highest BCUT2D eigenvalue weighted by molar-refractivity contribution is 5.77. The van der Waals surface area contributed by atoms with E-state index in [0.717, 1.165) is 31.8 Å². The zero-order valence-corrected chi connectivity index (χ0v) is 9.32. The van der Waals surface area contributed by atoms with Crippen molar-refractivity contribution in [3.8, 4) is 0 Å². The Balaban J connectivity index is 1.89. The van der Waals surface area contributed by atoms with Crippen LogP contribution in [0, 0.1) is 11.8 Å². The Morgan fingerprint density at radius 1 is 1.27 bits per heavy atom. The summed E-state index contributed by atoms with van der Waals surface area (Å²) in [5.74, 6) is 1.72. The van der Waals surface area contributed by atoms with Gasteiger partial charge in [0.1, 0.15) is 0 Å². The van der Waals surface area contributed by atoms with E-state index in [-0.39, 0.29) is 6.61 Å². The minimum absolute atomic E-state index is 0.192. The van der Waals surface area contributed by atoms with Crippen LogP contribution >= 0.6 is 0 Å². The number of rotatable bonds is 3. The zero-order chi connectivity index (χ0) is 10.7. The van der Waals surface area contributed by atoms with Gasteiger partial charge in [0.2, 0.25) is 5.91 Å². The molecule has 1 heterocycles. The topological polar surface area (TPSA) is 40.5 Å². The fraction of sp³-hybridized carbons (Fsp3) is 0.917. The molecule has 1 saturated heterocycles. The standard InChI is InChI=1S/C12H21NO2/c14-7-3-6-13-9-11-5-2-1-4-10(11)8-12(13)15/h10-11,14H,1-9H2. The van der Waals surface area contributed by atoms with E-state index in [1.165, 1.54) is 25.7 Å². The number of likely N-dealkylation sites (tertiary alicyclic amines) is 1.